The largest absolute Gasteiger partial charge is 0.349 e. The van der Waals surface area contributed by atoms with Gasteiger partial charge in [0, 0.05) is 5.71 Å². The molecule has 0 aliphatic rings. The number of nitrogens with zero attached hydrogens (tertiary/aromatic N) is 1. The van der Waals surface area contributed by atoms with Gasteiger partial charge in [0.15, 0.2) is 0 Å². The summed E-state index contributed by atoms with van der Waals surface area (Å²) >= 11 is 0. The van der Waals surface area contributed by atoms with Crippen molar-refractivity contribution in [1.82, 2.24) is 10.7 Å². The summed E-state index contributed by atoms with van der Waals surface area (Å²) in [6, 6.07) is 27.7. The number of rotatable bonds is 8. The monoisotopic (exact) mass is 413 g/mol. The molecule has 0 heterocycles. The van der Waals surface area contributed by atoms with Crippen molar-refractivity contribution in [2.24, 2.45) is 5.10 Å². The van der Waals surface area contributed by atoms with Gasteiger partial charge in [-0.1, -0.05) is 84.9 Å². The van der Waals surface area contributed by atoms with Gasteiger partial charge in [-0.2, -0.15) is 5.10 Å². The Hall–Kier alpha value is -3.73. The lowest BCUT2D eigenvalue weighted by molar-refractivity contribution is -0.121. The standard InChI is InChI=1S/C26H27N3O2/c1-19(17-25(30)27-20(2)22-9-5-3-6-10-22)28-29-26(31)18-21-13-15-24(16-14-21)23-11-7-4-8-12-23/h3-16,20H,17-18H2,1-2H3,(H,27,30)(H,29,31). The third-order valence-corrected chi connectivity index (χ3v) is 4.89. The quantitative estimate of drug-likeness (QED) is 0.417. The molecule has 0 bridgehead atoms. The van der Waals surface area contributed by atoms with Gasteiger partial charge >= 0.3 is 0 Å². The molecule has 3 aromatic carbocycles. The molecule has 1 unspecified atom stereocenters. The van der Waals surface area contributed by atoms with E-state index in [0.717, 1.165) is 22.3 Å². The maximum Gasteiger partial charge on any atom is 0.244 e. The van der Waals surface area contributed by atoms with E-state index < -0.39 is 0 Å². The van der Waals surface area contributed by atoms with E-state index in [-0.39, 0.29) is 30.7 Å². The van der Waals surface area contributed by atoms with E-state index in [4.69, 9.17) is 0 Å². The zero-order chi connectivity index (χ0) is 22.1. The third kappa shape index (κ3) is 6.93. The minimum absolute atomic E-state index is 0.0880. The lowest BCUT2D eigenvalue weighted by Crippen LogP contribution is -2.29. The maximum atomic E-state index is 12.2. The van der Waals surface area contributed by atoms with Crippen LogP contribution in [0.25, 0.3) is 11.1 Å². The summed E-state index contributed by atoms with van der Waals surface area (Å²) in [6.07, 6.45) is 0.353. The summed E-state index contributed by atoms with van der Waals surface area (Å²) in [5.74, 6) is -0.353. The van der Waals surface area contributed by atoms with E-state index in [2.05, 4.69) is 28.0 Å². The number of hydrogen-bond donors (Lipinski definition) is 2. The highest BCUT2D eigenvalue weighted by Crippen LogP contribution is 2.19. The van der Waals surface area contributed by atoms with Gasteiger partial charge in [-0.15, -0.1) is 0 Å². The molecule has 0 aliphatic carbocycles. The fraction of sp³-hybridized carbons (Fsp3) is 0.192. The van der Waals surface area contributed by atoms with Gasteiger partial charge in [-0.25, -0.2) is 5.43 Å². The van der Waals surface area contributed by atoms with Crippen molar-refractivity contribution >= 4 is 17.5 Å². The second-order valence-corrected chi connectivity index (χ2v) is 7.50. The van der Waals surface area contributed by atoms with Crippen LogP contribution in [-0.2, 0) is 16.0 Å². The summed E-state index contributed by atoms with van der Waals surface area (Å²) in [7, 11) is 0. The average Bonchev–Trinajstić information content (AvgIpc) is 2.79. The Bertz CT molecular complexity index is 1030. The smallest absolute Gasteiger partial charge is 0.244 e. The maximum absolute atomic E-state index is 12.2. The Balaban J connectivity index is 1.46. The molecular formula is C26H27N3O2. The van der Waals surface area contributed by atoms with Gasteiger partial charge in [0.2, 0.25) is 11.8 Å². The van der Waals surface area contributed by atoms with Crippen LogP contribution in [0.4, 0.5) is 0 Å². The number of carbonyl (C=O) groups is 2. The lowest BCUT2D eigenvalue weighted by atomic mass is 10.0. The molecule has 0 radical (unpaired) electrons. The highest BCUT2D eigenvalue weighted by molar-refractivity contribution is 6.00. The first kappa shape index (κ1) is 22.0. The molecule has 0 saturated heterocycles. The van der Waals surface area contributed by atoms with Crippen LogP contribution in [0, 0.1) is 0 Å². The minimum Gasteiger partial charge on any atom is -0.349 e. The molecule has 0 spiro atoms. The number of hydrogen-bond acceptors (Lipinski definition) is 3. The summed E-state index contributed by atoms with van der Waals surface area (Å²) in [6.45, 7) is 3.66. The SMILES string of the molecule is CC(CC(=O)NC(C)c1ccccc1)=NNC(=O)Cc1ccc(-c2ccccc2)cc1. The van der Waals surface area contributed by atoms with Gasteiger partial charge in [0.25, 0.3) is 0 Å². The zero-order valence-corrected chi connectivity index (χ0v) is 17.8. The van der Waals surface area contributed by atoms with Crippen molar-refractivity contribution < 1.29 is 9.59 Å². The summed E-state index contributed by atoms with van der Waals surface area (Å²) < 4.78 is 0. The minimum atomic E-state index is -0.218. The van der Waals surface area contributed by atoms with Crippen molar-refractivity contribution in [3.05, 3.63) is 96.1 Å². The molecule has 0 fully saturated rings. The molecule has 0 saturated carbocycles. The average molecular weight is 414 g/mol. The number of amides is 2. The molecule has 158 valence electrons. The van der Waals surface area contributed by atoms with E-state index in [1.54, 1.807) is 6.92 Å². The molecule has 3 aromatic rings. The number of benzene rings is 3. The van der Waals surface area contributed by atoms with Gasteiger partial charge in [-0.3, -0.25) is 9.59 Å². The molecule has 5 nitrogen and oxygen atoms in total. The molecule has 1 atom stereocenters. The predicted molar refractivity (Wildman–Crippen MR) is 124 cm³/mol. The molecule has 3 rings (SSSR count). The van der Waals surface area contributed by atoms with Crippen molar-refractivity contribution in [3.8, 4) is 11.1 Å². The Kier molecular flexibility index (Phi) is 7.71. The Morgan fingerprint density at radius 1 is 0.806 bits per heavy atom. The van der Waals surface area contributed by atoms with Gasteiger partial charge < -0.3 is 5.32 Å². The van der Waals surface area contributed by atoms with Crippen LogP contribution in [0.15, 0.2) is 90.0 Å². The van der Waals surface area contributed by atoms with E-state index in [9.17, 15) is 9.59 Å². The van der Waals surface area contributed by atoms with Crippen LogP contribution in [0.1, 0.15) is 37.4 Å². The molecule has 0 aliphatic heterocycles. The molecular weight excluding hydrogens is 386 g/mol. The second-order valence-electron chi connectivity index (χ2n) is 7.50. The van der Waals surface area contributed by atoms with Crippen LogP contribution >= 0.6 is 0 Å². The van der Waals surface area contributed by atoms with E-state index >= 15 is 0 Å². The molecule has 5 heteroatoms. The molecule has 2 amide bonds. The first-order chi connectivity index (χ1) is 15.0. The molecule has 2 N–H and O–H groups in total. The van der Waals surface area contributed by atoms with Crippen molar-refractivity contribution in [1.29, 1.82) is 0 Å². The summed E-state index contributed by atoms with van der Waals surface area (Å²) in [5, 5.41) is 7.00. The van der Waals surface area contributed by atoms with Gasteiger partial charge in [0.05, 0.1) is 18.9 Å². The van der Waals surface area contributed by atoms with Crippen LogP contribution < -0.4 is 10.7 Å². The fourth-order valence-electron chi connectivity index (χ4n) is 3.22. The van der Waals surface area contributed by atoms with Crippen molar-refractivity contribution in [2.75, 3.05) is 0 Å². The highest BCUT2D eigenvalue weighted by atomic mass is 16.2. The van der Waals surface area contributed by atoms with Gasteiger partial charge in [-0.05, 0) is 36.1 Å². The zero-order valence-electron chi connectivity index (χ0n) is 17.8. The topological polar surface area (TPSA) is 70.6 Å². The van der Waals surface area contributed by atoms with Crippen molar-refractivity contribution in [2.45, 2.75) is 32.7 Å². The highest BCUT2D eigenvalue weighted by Gasteiger charge is 2.10. The first-order valence-corrected chi connectivity index (χ1v) is 10.3. The second kappa shape index (κ2) is 10.9. The van der Waals surface area contributed by atoms with E-state index in [1.165, 1.54) is 0 Å². The van der Waals surface area contributed by atoms with Crippen LogP contribution in [0.2, 0.25) is 0 Å². The normalized spacial score (nSPS) is 12.1. The number of hydrazone groups is 1. The number of carbonyl (C=O) groups excluding carboxylic acids is 2. The first-order valence-electron chi connectivity index (χ1n) is 10.3. The summed E-state index contributed by atoms with van der Waals surface area (Å²) in [4.78, 5) is 24.4. The van der Waals surface area contributed by atoms with Crippen LogP contribution in [-0.4, -0.2) is 17.5 Å². The number of nitrogens with one attached hydrogen (secondary N) is 2. The Morgan fingerprint density at radius 3 is 2.03 bits per heavy atom. The summed E-state index contributed by atoms with van der Waals surface area (Å²) in [5.41, 5.74) is 7.27. The van der Waals surface area contributed by atoms with Crippen LogP contribution in [0.5, 0.6) is 0 Å². The molecule has 0 aromatic heterocycles. The fourth-order valence-corrected chi connectivity index (χ4v) is 3.22. The van der Waals surface area contributed by atoms with Crippen LogP contribution in [0.3, 0.4) is 0 Å². The Labute approximate surface area is 183 Å². The van der Waals surface area contributed by atoms with Crippen molar-refractivity contribution in [3.63, 3.8) is 0 Å². The lowest BCUT2D eigenvalue weighted by Gasteiger charge is -2.14. The van der Waals surface area contributed by atoms with Gasteiger partial charge in [0.1, 0.15) is 0 Å². The van der Waals surface area contributed by atoms with E-state index in [1.807, 2.05) is 79.7 Å². The molecule has 31 heavy (non-hydrogen) atoms. The van der Waals surface area contributed by atoms with E-state index in [0.29, 0.717) is 5.71 Å². The predicted octanol–water partition coefficient (Wildman–Crippen LogP) is 4.66. The Morgan fingerprint density at radius 2 is 1.39 bits per heavy atom. The third-order valence-electron chi connectivity index (χ3n) is 4.89.